The Morgan fingerprint density at radius 2 is 2.22 bits per heavy atom. The summed E-state index contributed by atoms with van der Waals surface area (Å²) in [5.74, 6) is 0. The largest absolute Gasteiger partial charge is 0.245 e. The van der Waals surface area contributed by atoms with E-state index >= 15 is 0 Å². The number of nitrogens with zero attached hydrogens (tertiary/aromatic N) is 1. The molecular formula is C7H10ClN. The van der Waals surface area contributed by atoms with Gasteiger partial charge in [-0.2, -0.15) is 0 Å². The van der Waals surface area contributed by atoms with Crippen molar-refractivity contribution in [2.45, 2.75) is 13.8 Å². The molecule has 0 saturated carbocycles. The van der Waals surface area contributed by atoms with Gasteiger partial charge in [0.2, 0.25) is 0 Å². The van der Waals surface area contributed by atoms with Gasteiger partial charge in [0, 0.05) is 6.21 Å². The summed E-state index contributed by atoms with van der Waals surface area (Å²) in [6, 6.07) is 0. The van der Waals surface area contributed by atoms with Crippen LogP contribution in [0.1, 0.15) is 13.8 Å². The van der Waals surface area contributed by atoms with Gasteiger partial charge in [0.05, 0.1) is 0 Å². The molecule has 9 heavy (non-hydrogen) atoms. The second-order valence-corrected chi connectivity index (χ2v) is 2.10. The molecule has 2 heteroatoms. The van der Waals surface area contributed by atoms with Crippen LogP contribution in [0.4, 0.5) is 0 Å². The third kappa shape index (κ3) is 5.31. The van der Waals surface area contributed by atoms with Gasteiger partial charge in [-0.15, -0.1) is 0 Å². The molecule has 0 radical (unpaired) electrons. The molecule has 0 fully saturated rings. The van der Waals surface area contributed by atoms with Crippen molar-refractivity contribution in [2.24, 2.45) is 4.99 Å². The van der Waals surface area contributed by atoms with E-state index in [2.05, 4.69) is 11.6 Å². The standard InChI is InChI=1S/C7H10ClN/c1-4-7(8)9-5-6(2)3/h4-5H,2H2,1,3H3. The lowest BCUT2D eigenvalue weighted by Gasteiger charge is -1.84. The van der Waals surface area contributed by atoms with E-state index in [1.165, 1.54) is 0 Å². The Bertz CT molecular complexity index is 156. The smallest absolute Gasteiger partial charge is 0.124 e. The van der Waals surface area contributed by atoms with Crippen molar-refractivity contribution in [1.82, 2.24) is 0 Å². The molecule has 0 aliphatic carbocycles. The first kappa shape index (κ1) is 8.44. The Hall–Kier alpha value is -0.560. The summed E-state index contributed by atoms with van der Waals surface area (Å²) in [5.41, 5.74) is 0.898. The molecule has 0 aliphatic heterocycles. The molecule has 0 aliphatic rings. The molecule has 0 N–H and O–H groups in total. The first-order valence-corrected chi connectivity index (χ1v) is 3.06. The van der Waals surface area contributed by atoms with E-state index in [1.807, 2.05) is 13.8 Å². The Kier molecular flexibility index (Phi) is 4.06. The van der Waals surface area contributed by atoms with Crippen LogP contribution in [0.5, 0.6) is 0 Å². The van der Waals surface area contributed by atoms with E-state index in [1.54, 1.807) is 12.3 Å². The van der Waals surface area contributed by atoms with Crippen molar-refractivity contribution >= 4 is 17.8 Å². The number of halogens is 1. The lowest BCUT2D eigenvalue weighted by atomic mass is 10.4. The number of allylic oxidation sites excluding steroid dienone is 2. The average Bonchev–Trinajstić information content (AvgIpc) is 1.83. The fraction of sp³-hybridized carbons (Fsp3) is 0.286. The highest BCUT2D eigenvalue weighted by Gasteiger charge is 1.79. The highest BCUT2D eigenvalue weighted by molar-refractivity contribution is 6.29. The molecule has 0 atom stereocenters. The maximum Gasteiger partial charge on any atom is 0.124 e. The molecule has 0 spiro atoms. The van der Waals surface area contributed by atoms with Crippen LogP contribution in [-0.4, -0.2) is 6.21 Å². The Morgan fingerprint density at radius 1 is 1.67 bits per heavy atom. The first-order valence-electron chi connectivity index (χ1n) is 2.68. The van der Waals surface area contributed by atoms with Gasteiger partial charge in [-0.05, 0) is 19.4 Å². The van der Waals surface area contributed by atoms with Crippen molar-refractivity contribution in [1.29, 1.82) is 0 Å². The molecule has 0 aromatic carbocycles. The second kappa shape index (κ2) is 4.33. The number of hydrogen-bond donors (Lipinski definition) is 0. The molecule has 0 bridgehead atoms. The van der Waals surface area contributed by atoms with Gasteiger partial charge < -0.3 is 0 Å². The normalized spacial score (nSPS) is 12.6. The van der Waals surface area contributed by atoms with Gasteiger partial charge in [0.1, 0.15) is 5.16 Å². The molecule has 0 amide bonds. The van der Waals surface area contributed by atoms with E-state index < -0.39 is 0 Å². The van der Waals surface area contributed by atoms with Gasteiger partial charge >= 0.3 is 0 Å². The fourth-order valence-electron chi connectivity index (χ4n) is 0.246. The van der Waals surface area contributed by atoms with Gasteiger partial charge in [-0.25, -0.2) is 4.99 Å². The van der Waals surface area contributed by atoms with Crippen molar-refractivity contribution in [3.8, 4) is 0 Å². The second-order valence-electron chi connectivity index (χ2n) is 1.72. The van der Waals surface area contributed by atoms with E-state index in [9.17, 15) is 0 Å². The highest BCUT2D eigenvalue weighted by atomic mass is 35.5. The third-order valence-corrected chi connectivity index (χ3v) is 0.962. The maximum absolute atomic E-state index is 5.53. The summed E-state index contributed by atoms with van der Waals surface area (Å²) >= 11 is 5.53. The highest BCUT2D eigenvalue weighted by Crippen LogP contribution is 2.00. The number of rotatable bonds is 2. The Balaban J connectivity index is 3.86. The van der Waals surface area contributed by atoms with Crippen LogP contribution >= 0.6 is 11.6 Å². The molecular weight excluding hydrogens is 134 g/mol. The van der Waals surface area contributed by atoms with Crippen molar-refractivity contribution < 1.29 is 0 Å². The predicted octanol–water partition coefficient (Wildman–Crippen LogP) is 2.73. The van der Waals surface area contributed by atoms with Crippen molar-refractivity contribution in [3.05, 3.63) is 23.4 Å². The van der Waals surface area contributed by atoms with Crippen LogP contribution in [-0.2, 0) is 0 Å². The Labute approximate surface area is 60.7 Å². The molecule has 0 aromatic heterocycles. The van der Waals surface area contributed by atoms with E-state index in [0.717, 1.165) is 5.57 Å². The average molecular weight is 144 g/mol. The Morgan fingerprint density at radius 3 is 2.56 bits per heavy atom. The summed E-state index contributed by atoms with van der Waals surface area (Å²) in [7, 11) is 0. The lowest BCUT2D eigenvalue weighted by molar-refractivity contribution is 1.47. The van der Waals surface area contributed by atoms with Gasteiger partial charge in [-0.1, -0.05) is 24.3 Å². The van der Waals surface area contributed by atoms with Crippen LogP contribution < -0.4 is 0 Å². The quantitative estimate of drug-likeness (QED) is 0.417. The zero-order chi connectivity index (χ0) is 7.28. The van der Waals surface area contributed by atoms with E-state index in [4.69, 9.17) is 11.6 Å². The van der Waals surface area contributed by atoms with Crippen molar-refractivity contribution in [2.75, 3.05) is 0 Å². The van der Waals surface area contributed by atoms with Crippen molar-refractivity contribution in [3.63, 3.8) is 0 Å². The topological polar surface area (TPSA) is 12.4 Å². The minimum atomic E-state index is 0.498. The van der Waals surface area contributed by atoms with Gasteiger partial charge in [0.25, 0.3) is 0 Å². The van der Waals surface area contributed by atoms with Gasteiger partial charge in [-0.3, -0.25) is 0 Å². The number of aliphatic imine (C=N–C) groups is 1. The third-order valence-electron chi connectivity index (χ3n) is 0.646. The predicted molar refractivity (Wildman–Crippen MR) is 42.9 cm³/mol. The zero-order valence-corrected chi connectivity index (χ0v) is 6.44. The zero-order valence-electron chi connectivity index (χ0n) is 5.69. The number of hydrogen-bond acceptors (Lipinski definition) is 1. The molecule has 0 rings (SSSR count). The van der Waals surface area contributed by atoms with E-state index in [0.29, 0.717) is 5.16 Å². The van der Waals surface area contributed by atoms with Crippen LogP contribution in [0.3, 0.4) is 0 Å². The first-order chi connectivity index (χ1) is 4.16. The lowest BCUT2D eigenvalue weighted by Crippen LogP contribution is -1.72. The molecule has 0 heterocycles. The molecule has 0 aromatic rings. The molecule has 50 valence electrons. The summed E-state index contributed by atoms with van der Waals surface area (Å²) in [6.45, 7) is 7.32. The molecule has 1 nitrogen and oxygen atoms in total. The summed E-state index contributed by atoms with van der Waals surface area (Å²) < 4.78 is 0. The maximum atomic E-state index is 5.53. The molecule has 0 unspecified atom stereocenters. The van der Waals surface area contributed by atoms with Crippen LogP contribution in [0.25, 0.3) is 0 Å². The minimum absolute atomic E-state index is 0.498. The minimum Gasteiger partial charge on any atom is -0.245 e. The van der Waals surface area contributed by atoms with Crippen LogP contribution in [0.2, 0.25) is 0 Å². The van der Waals surface area contributed by atoms with Crippen LogP contribution in [0, 0.1) is 0 Å². The SMILES string of the molecule is C=C(C)C=NC(Cl)=CC. The van der Waals surface area contributed by atoms with Crippen LogP contribution in [0.15, 0.2) is 28.4 Å². The fourth-order valence-corrected chi connectivity index (χ4v) is 0.295. The summed E-state index contributed by atoms with van der Waals surface area (Å²) in [4.78, 5) is 3.84. The van der Waals surface area contributed by atoms with E-state index in [-0.39, 0.29) is 0 Å². The molecule has 0 saturated heterocycles. The summed E-state index contributed by atoms with van der Waals surface area (Å²) in [5, 5.41) is 0.498. The summed E-state index contributed by atoms with van der Waals surface area (Å²) in [6.07, 6.45) is 3.35. The monoisotopic (exact) mass is 143 g/mol. The van der Waals surface area contributed by atoms with Gasteiger partial charge in [0.15, 0.2) is 0 Å².